The Morgan fingerprint density at radius 3 is 2.38 bits per heavy atom. The van der Waals surface area contributed by atoms with Gasteiger partial charge in [0, 0.05) is 13.5 Å². The first-order chi connectivity index (χ1) is 6.22. The molecule has 0 atom stereocenters. The third kappa shape index (κ3) is 6.25. The second-order valence-electron chi connectivity index (χ2n) is 3.16. The molecule has 1 amide bonds. The molecular weight excluding hydrogens is 168 g/mol. The van der Waals surface area contributed by atoms with Crippen LogP contribution in [0.25, 0.3) is 0 Å². The van der Waals surface area contributed by atoms with Gasteiger partial charge in [-0.05, 0) is 6.42 Å². The zero-order chi connectivity index (χ0) is 10.1. The van der Waals surface area contributed by atoms with Gasteiger partial charge in [-0.15, -0.1) is 4.91 Å². The minimum atomic E-state index is -0.188. The molecule has 0 radical (unpaired) electrons. The topological polar surface area (TPSA) is 49.7 Å². The highest BCUT2D eigenvalue weighted by atomic mass is 16.3. The molecule has 0 aliphatic carbocycles. The van der Waals surface area contributed by atoms with Crippen molar-refractivity contribution in [2.75, 3.05) is 7.05 Å². The summed E-state index contributed by atoms with van der Waals surface area (Å²) in [7, 11) is 1.39. The van der Waals surface area contributed by atoms with Crippen LogP contribution < -0.4 is 0 Å². The van der Waals surface area contributed by atoms with Gasteiger partial charge in [0.05, 0.1) is 5.29 Å². The summed E-state index contributed by atoms with van der Waals surface area (Å²) in [6, 6.07) is 0. The summed E-state index contributed by atoms with van der Waals surface area (Å²) in [5.74, 6) is -0.188. The zero-order valence-electron chi connectivity index (χ0n) is 8.45. The molecule has 0 rings (SSSR count). The molecule has 0 N–H and O–H groups in total. The summed E-state index contributed by atoms with van der Waals surface area (Å²) in [5, 5.41) is 3.40. The van der Waals surface area contributed by atoms with Crippen LogP contribution >= 0.6 is 0 Å². The average molecular weight is 186 g/mol. The first kappa shape index (κ1) is 12.1. The van der Waals surface area contributed by atoms with E-state index in [1.807, 2.05) is 0 Å². The molecule has 4 heteroatoms. The fourth-order valence-electron chi connectivity index (χ4n) is 1.09. The van der Waals surface area contributed by atoms with Crippen molar-refractivity contribution in [3.05, 3.63) is 4.91 Å². The lowest BCUT2D eigenvalue weighted by Crippen LogP contribution is -2.19. The van der Waals surface area contributed by atoms with Gasteiger partial charge >= 0.3 is 0 Å². The van der Waals surface area contributed by atoms with E-state index in [2.05, 4.69) is 12.2 Å². The van der Waals surface area contributed by atoms with Gasteiger partial charge in [0.25, 0.3) is 0 Å². The Morgan fingerprint density at radius 1 is 1.23 bits per heavy atom. The van der Waals surface area contributed by atoms with Crippen molar-refractivity contribution in [1.29, 1.82) is 0 Å². The Kier molecular flexibility index (Phi) is 7.15. The van der Waals surface area contributed by atoms with Crippen LogP contribution in [0.3, 0.4) is 0 Å². The van der Waals surface area contributed by atoms with Crippen molar-refractivity contribution < 1.29 is 4.79 Å². The van der Waals surface area contributed by atoms with Crippen LogP contribution in [0, 0.1) is 4.91 Å². The summed E-state index contributed by atoms with van der Waals surface area (Å²) in [6.45, 7) is 2.15. The highest BCUT2D eigenvalue weighted by Crippen LogP contribution is 2.06. The SMILES string of the molecule is CCCCCCCC(=O)N(C)N=O. The second-order valence-corrected chi connectivity index (χ2v) is 3.16. The summed E-state index contributed by atoms with van der Waals surface area (Å²) in [6.07, 6.45) is 5.94. The average Bonchev–Trinajstić information content (AvgIpc) is 2.16. The lowest BCUT2D eigenvalue weighted by molar-refractivity contribution is -0.130. The van der Waals surface area contributed by atoms with E-state index < -0.39 is 0 Å². The standard InChI is InChI=1S/C9H18N2O2/c1-3-4-5-6-7-8-9(12)11(2)10-13/h3-8H2,1-2H3. The smallest absolute Gasteiger partial charge is 0.244 e. The molecule has 0 aliphatic heterocycles. The quantitative estimate of drug-likeness (QED) is 0.348. The van der Waals surface area contributed by atoms with Crippen molar-refractivity contribution in [3.63, 3.8) is 0 Å². The van der Waals surface area contributed by atoms with Gasteiger partial charge in [0.15, 0.2) is 0 Å². The molecule has 0 fully saturated rings. The largest absolute Gasteiger partial charge is 0.273 e. The Balaban J connectivity index is 3.32. The molecule has 0 bridgehead atoms. The van der Waals surface area contributed by atoms with Crippen LogP contribution in [0.5, 0.6) is 0 Å². The van der Waals surface area contributed by atoms with Crippen LogP contribution in [-0.2, 0) is 4.79 Å². The maximum Gasteiger partial charge on any atom is 0.244 e. The number of amides is 1. The minimum Gasteiger partial charge on any atom is -0.273 e. The monoisotopic (exact) mass is 186 g/mol. The molecule has 0 saturated carbocycles. The van der Waals surface area contributed by atoms with Crippen molar-refractivity contribution in [1.82, 2.24) is 5.01 Å². The zero-order valence-corrected chi connectivity index (χ0v) is 8.45. The normalized spacial score (nSPS) is 9.69. The number of nitrogens with zero attached hydrogens (tertiary/aromatic N) is 2. The van der Waals surface area contributed by atoms with Crippen LogP contribution in [0.4, 0.5) is 0 Å². The van der Waals surface area contributed by atoms with Gasteiger partial charge in [-0.3, -0.25) is 4.79 Å². The van der Waals surface area contributed by atoms with E-state index in [1.165, 1.54) is 26.3 Å². The third-order valence-corrected chi connectivity index (χ3v) is 1.98. The maximum atomic E-state index is 11.0. The van der Waals surface area contributed by atoms with E-state index in [0.717, 1.165) is 17.9 Å². The number of unbranched alkanes of at least 4 members (excludes halogenated alkanes) is 4. The van der Waals surface area contributed by atoms with Gasteiger partial charge in [0.1, 0.15) is 0 Å². The first-order valence-corrected chi connectivity index (χ1v) is 4.82. The molecule has 0 unspecified atom stereocenters. The van der Waals surface area contributed by atoms with E-state index in [4.69, 9.17) is 0 Å². The highest BCUT2D eigenvalue weighted by molar-refractivity contribution is 5.75. The molecule has 0 saturated heterocycles. The van der Waals surface area contributed by atoms with E-state index in [1.54, 1.807) is 0 Å². The van der Waals surface area contributed by atoms with Crippen molar-refractivity contribution >= 4 is 5.91 Å². The van der Waals surface area contributed by atoms with E-state index in [9.17, 15) is 9.70 Å². The third-order valence-electron chi connectivity index (χ3n) is 1.98. The summed E-state index contributed by atoms with van der Waals surface area (Å²) in [4.78, 5) is 21.0. The highest BCUT2D eigenvalue weighted by Gasteiger charge is 2.06. The molecule has 0 spiro atoms. The predicted molar refractivity (Wildman–Crippen MR) is 51.9 cm³/mol. The Bertz CT molecular complexity index is 160. The van der Waals surface area contributed by atoms with Gasteiger partial charge in [-0.25, -0.2) is 5.01 Å². The van der Waals surface area contributed by atoms with Crippen molar-refractivity contribution in [2.24, 2.45) is 5.29 Å². The van der Waals surface area contributed by atoms with Gasteiger partial charge in [-0.2, -0.15) is 0 Å². The van der Waals surface area contributed by atoms with E-state index >= 15 is 0 Å². The number of carbonyl (C=O) groups is 1. The van der Waals surface area contributed by atoms with E-state index in [-0.39, 0.29) is 5.91 Å². The van der Waals surface area contributed by atoms with E-state index in [0.29, 0.717) is 6.42 Å². The molecule has 0 aromatic heterocycles. The van der Waals surface area contributed by atoms with Crippen molar-refractivity contribution in [3.8, 4) is 0 Å². The Labute approximate surface area is 79.2 Å². The van der Waals surface area contributed by atoms with Gasteiger partial charge in [-0.1, -0.05) is 32.6 Å². The molecule has 0 heterocycles. The number of carbonyl (C=O) groups excluding carboxylic acids is 1. The molecule has 76 valence electrons. The summed E-state index contributed by atoms with van der Waals surface area (Å²) < 4.78 is 0. The Hall–Kier alpha value is -0.930. The number of nitroso groups, excluding NO2 is 1. The number of hydrogen-bond donors (Lipinski definition) is 0. The van der Waals surface area contributed by atoms with Crippen LogP contribution in [0.15, 0.2) is 5.29 Å². The van der Waals surface area contributed by atoms with Crippen LogP contribution in [0.1, 0.15) is 45.4 Å². The Morgan fingerprint density at radius 2 is 1.85 bits per heavy atom. The second kappa shape index (κ2) is 7.71. The summed E-state index contributed by atoms with van der Waals surface area (Å²) >= 11 is 0. The summed E-state index contributed by atoms with van der Waals surface area (Å²) in [5.41, 5.74) is 0. The fourth-order valence-corrected chi connectivity index (χ4v) is 1.09. The van der Waals surface area contributed by atoms with Crippen molar-refractivity contribution in [2.45, 2.75) is 45.4 Å². The van der Waals surface area contributed by atoms with Crippen LogP contribution in [0.2, 0.25) is 0 Å². The lowest BCUT2D eigenvalue weighted by Gasteiger charge is -2.05. The maximum absolute atomic E-state index is 11.0. The molecular formula is C9H18N2O2. The number of rotatable bonds is 7. The number of hydrogen-bond acceptors (Lipinski definition) is 3. The predicted octanol–water partition coefficient (Wildman–Crippen LogP) is 2.49. The molecule has 0 aromatic carbocycles. The van der Waals surface area contributed by atoms with Crippen LogP contribution in [-0.4, -0.2) is 18.0 Å². The van der Waals surface area contributed by atoms with Gasteiger partial charge in [0.2, 0.25) is 5.91 Å². The molecule has 4 nitrogen and oxygen atoms in total. The molecule has 13 heavy (non-hydrogen) atoms. The molecule has 0 aromatic rings. The minimum absolute atomic E-state index is 0.188. The lowest BCUT2D eigenvalue weighted by atomic mass is 10.1. The van der Waals surface area contributed by atoms with Gasteiger partial charge < -0.3 is 0 Å². The fraction of sp³-hybridized carbons (Fsp3) is 0.889. The molecule has 0 aliphatic rings. The first-order valence-electron chi connectivity index (χ1n) is 4.82.